The highest BCUT2D eigenvalue weighted by Crippen LogP contribution is 2.33. The van der Waals surface area contributed by atoms with Crippen LogP contribution in [0.4, 0.5) is 27.7 Å². The maximum absolute atomic E-state index is 13.1. The van der Waals surface area contributed by atoms with Gasteiger partial charge in [-0.05, 0) is 49.2 Å². The molecule has 6 rings (SSSR count). The summed E-state index contributed by atoms with van der Waals surface area (Å²) in [5, 5.41) is 29.8. The average molecular weight is 538 g/mol. The Bertz CT molecular complexity index is 1620. The van der Waals surface area contributed by atoms with Crippen LogP contribution < -0.4 is 16.0 Å². The number of fused-ring (bicyclic) bond motifs is 1. The van der Waals surface area contributed by atoms with Crippen molar-refractivity contribution >= 4 is 39.8 Å². The number of carbonyl (C=O) groups is 1. The first-order valence-corrected chi connectivity index (χ1v) is 13.9. The van der Waals surface area contributed by atoms with Crippen molar-refractivity contribution in [2.75, 3.05) is 16.0 Å². The van der Waals surface area contributed by atoms with Gasteiger partial charge in [0.15, 0.2) is 0 Å². The minimum Gasteiger partial charge on any atom is -0.355 e. The van der Waals surface area contributed by atoms with Gasteiger partial charge in [0.1, 0.15) is 11.5 Å². The zero-order chi connectivity index (χ0) is 27.7. The number of H-pyrrole nitrogens is 2. The van der Waals surface area contributed by atoms with Gasteiger partial charge in [-0.25, -0.2) is 9.48 Å². The molecule has 0 unspecified atom stereocenters. The summed E-state index contributed by atoms with van der Waals surface area (Å²) in [6, 6.07) is 15.7. The summed E-state index contributed by atoms with van der Waals surface area (Å²) < 4.78 is 2.03. The maximum Gasteiger partial charge on any atom is 0.324 e. The number of urea groups is 1. The first kappa shape index (κ1) is 25.7. The number of rotatable bonds is 6. The van der Waals surface area contributed by atoms with Crippen LogP contribution in [0.5, 0.6) is 0 Å². The monoisotopic (exact) mass is 537 g/mol. The van der Waals surface area contributed by atoms with Crippen LogP contribution in [-0.4, -0.2) is 36.2 Å². The van der Waals surface area contributed by atoms with Crippen molar-refractivity contribution in [2.24, 2.45) is 0 Å². The van der Waals surface area contributed by atoms with E-state index in [9.17, 15) is 4.79 Å². The van der Waals surface area contributed by atoms with Gasteiger partial charge in [-0.3, -0.25) is 15.5 Å². The fourth-order valence-corrected chi connectivity index (χ4v) is 5.28. The molecule has 0 bridgehead atoms. The van der Waals surface area contributed by atoms with E-state index >= 15 is 0 Å². The molecule has 10 heteroatoms. The molecule has 0 saturated heterocycles. The number of aromatic nitrogens is 6. The fourth-order valence-electron chi connectivity index (χ4n) is 5.28. The van der Waals surface area contributed by atoms with E-state index < -0.39 is 0 Å². The van der Waals surface area contributed by atoms with Crippen molar-refractivity contribution in [2.45, 2.75) is 64.3 Å². The summed E-state index contributed by atoms with van der Waals surface area (Å²) >= 11 is 0. The smallest absolute Gasteiger partial charge is 0.324 e. The number of nitrogens with one attached hydrogen (secondary N) is 5. The molecule has 0 spiro atoms. The molecule has 1 aliphatic carbocycles. The number of hydrogen-bond acceptors (Lipinski definition) is 5. The zero-order valence-corrected chi connectivity index (χ0v) is 23.1. The van der Waals surface area contributed by atoms with Crippen molar-refractivity contribution in [1.29, 1.82) is 0 Å². The third kappa shape index (κ3) is 5.42. The standard InChI is InChI=1S/C30H35N9O/c1-30(2,3)26-16-27(39(38-26)23-10-5-4-6-11-23)35-29(40)34-21-9-7-8-20(14-21)33-22-12-13-24-25(15-22)36-37-28(24)19-17-31-32-18-19/h7-9,12-18,23,33H,4-6,10-11H2,1-3H3,(H,31,32)(H,36,37)(H2,34,35,40). The first-order valence-electron chi connectivity index (χ1n) is 13.9. The molecule has 1 fully saturated rings. The molecule has 10 nitrogen and oxygen atoms in total. The van der Waals surface area contributed by atoms with E-state index in [1.165, 1.54) is 19.3 Å². The molecule has 2 amide bonds. The maximum atomic E-state index is 13.1. The van der Waals surface area contributed by atoms with Crippen molar-refractivity contribution in [3.8, 4) is 11.3 Å². The average Bonchev–Trinajstić information content (AvgIpc) is 3.69. The topological polar surface area (TPSA) is 128 Å². The van der Waals surface area contributed by atoms with Gasteiger partial charge in [0.2, 0.25) is 0 Å². The summed E-state index contributed by atoms with van der Waals surface area (Å²) in [6.07, 6.45) is 9.40. The second kappa shape index (κ2) is 10.5. The van der Waals surface area contributed by atoms with E-state index in [0.717, 1.165) is 57.9 Å². The SMILES string of the molecule is CC(C)(C)c1cc(NC(=O)Nc2cccc(Nc3ccc4c(-c5cn[nH]c5)n[nH]c4c3)c2)n(C2CCCCC2)n1. The van der Waals surface area contributed by atoms with Gasteiger partial charge in [0, 0.05) is 45.7 Å². The van der Waals surface area contributed by atoms with E-state index in [0.29, 0.717) is 11.7 Å². The predicted octanol–water partition coefficient (Wildman–Crippen LogP) is 7.34. The predicted molar refractivity (Wildman–Crippen MR) is 159 cm³/mol. The van der Waals surface area contributed by atoms with Gasteiger partial charge in [0.05, 0.1) is 23.4 Å². The van der Waals surface area contributed by atoms with Crippen LogP contribution in [0.3, 0.4) is 0 Å². The highest BCUT2D eigenvalue weighted by atomic mass is 16.2. The van der Waals surface area contributed by atoms with Crippen molar-refractivity contribution in [3.63, 3.8) is 0 Å². The van der Waals surface area contributed by atoms with Gasteiger partial charge in [-0.1, -0.05) is 46.1 Å². The Morgan fingerprint density at radius 2 is 1.77 bits per heavy atom. The minimum atomic E-state index is -0.291. The molecule has 0 aliphatic heterocycles. The van der Waals surface area contributed by atoms with Gasteiger partial charge in [-0.2, -0.15) is 15.3 Å². The van der Waals surface area contributed by atoms with Gasteiger partial charge >= 0.3 is 6.03 Å². The van der Waals surface area contributed by atoms with Crippen LogP contribution in [0, 0.1) is 0 Å². The summed E-state index contributed by atoms with van der Waals surface area (Å²) in [5.74, 6) is 0.742. The van der Waals surface area contributed by atoms with Crippen LogP contribution in [0.15, 0.2) is 60.9 Å². The number of aromatic amines is 2. The molecule has 5 N–H and O–H groups in total. The fraction of sp³-hybridized carbons (Fsp3) is 0.333. The molecule has 3 heterocycles. The molecule has 2 aromatic carbocycles. The van der Waals surface area contributed by atoms with Crippen LogP contribution in [-0.2, 0) is 5.41 Å². The summed E-state index contributed by atoms with van der Waals surface area (Å²) in [6.45, 7) is 6.43. The Labute approximate surface area is 233 Å². The Morgan fingerprint density at radius 1 is 0.975 bits per heavy atom. The third-order valence-corrected chi connectivity index (χ3v) is 7.41. The Balaban J connectivity index is 1.15. The van der Waals surface area contributed by atoms with Crippen LogP contribution in [0.25, 0.3) is 22.2 Å². The lowest BCUT2D eigenvalue weighted by Crippen LogP contribution is -2.24. The van der Waals surface area contributed by atoms with E-state index in [-0.39, 0.29) is 11.4 Å². The van der Waals surface area contributed by atoms with Crippen LogP contribution in [0.1, 0.15) is 64.6 Å². The lowest BCUT2D eigenvalue weighted by molar-refractivity contribution is 0.261. The molecular formula is C30H35N9O. The number of carbonyl (C=O) groups excluding carboxylic acids is 1. The first-order chi connectivity index (χ1) is 19.3. The largest absolute Gasteiger partial charge is 0.355 e. The Kier molecular flexibility index (Phi) is 6.75. The lowest BCUT2D eigenvalue weighted by atomic mass is 9.92. The van der Waals surface area contributed by atoms with Crippen LogP contribution in [0.2, 0.25) is 0 Å². The molecule has 5 aromatic rings. The Morgan fingerprint density at radius 3 is 2.55 bits per heavy atom. The lowest BCUT2D eigenvalue weighted by Gasteiger charge is -2.24. The Hall–Kier alpha value is -4.60. The van der Waals surface area contributed by atoms with E-state index in [1.54, 1.807) is 6.20 Å². The number of nitrogens with zero attached hydrogens (tertiary/aromatic N) is 4. The molecule has 1 aliphatic rings. The minimum absolute atomic E-state index is 0.104. The molecule has 206 valence electrons. The van der Waals surface area contributed by atoms with Gasteiger partial charge in [-0.15, -0.1) is 0 Å². The highest BCUT2D eigenvalue weighted by molar-refractivity contribution is 5.99. The molecule has 3 aromatic heterocycles. The van der Waals surface area contributed by atoms with Crippen molar-refractivity contribution in [3.05, 3.63) is 66.6 Å². The summed E-state index contributed by atoms with van der Waals surface area (Å²) in [5.41, 5.74) is 6.02. The molecule has 0 atom stereocenters. The summed E-state index contributed by atoms with van der Waals surface area (Å²) in [7, 11) is 0. The van der Waals surface area contributed by atoms with Crippen molar-refractivity contribution in [1.82, 2.24) is 30.2 Å². The molecule has 40 heavy (non-hydrogen) atoms. The van der Waals surface area contributed by atoms with Crippen LogP contribution >= 0.6 is 0 Å². The zero-order valence-electron chi connectivity index (χ0n) is 23.1. The van der Waals surface area contributed by atoms with Crippen molar-refractivity contribution < 1.29 is 4.79 Å². The van der Waals surface area contributed by atoms with E-state index in [2.05, 4.69) is 57.1 Å². The second-order valence-electron chi connectivity index (χ2n) is 11.5. The number of hydrogen-bond donors (Lipinski definition) is 5. The normalized spacial score (nSPS) is 14.4. The highest BCUT2D eigenvalue weighted by Gasteiger charge is 2.25. The third-order valence-electron chi connectivity index (χ3n) is 7.41. The molecule has 1 saturated carbocycles. The molecule has 0 radical (unpaired) electrons. The summed E-state index contributed by atoms with van der Waals surface area (Å²) in [4.78, 5) is 13.1. The second-order valence-corrected chi connectivity index (χ2v) is 11.5. The van der Waals surface area contributed by atoms with Gasteiger partial charge < -0.3 is 10.6 Å². The van der Waals surface area contributed by atoms with E-state index in [4.69, 9.17) is 5.10 Å². The number of benzene rings is 2. The van der Waals surface area contributed by atoms with Gasteiger partial charge in [0.25, 0.3) is 0 Å². The number of amides is 2. The molecular weight excluding hydrogens is 502 g/mol. The quantitative estimate of drug-likeness (QED) is 0.155. The number of anilines is 4. The van der Waals surface area contributed by atoms with E-state index in [1.807, 2.05) is 59.4 Å².